The zero-order valence-corrected chi connectivity index (χ0v) is 14.4. The molecule has 0 aromatic heterocycles. The molecule has 1 aliphatic rings. The second kappa shape index (κ2) is 9.36. The smallest absolute Gasteiger partial charge is 1.00 e. The van der Waals surface area contributed by atoms with Crippen molar-refractivity contribution in [2.45, 2.75) is 19.8 Å². The molecule has 0 amide bonds. The number of hydrogen-bond donors (Lipinski definition) is 0. The van der Waals surface area contributed by atoms with Crippen molar-refractivity contribution in [2.24, 2.45) is 0 Å². The van der Waals surface area contributed by atoms with Crippen LogP contribution in [0.4, 0.5) is 0 Å². The minimum atomic E-state index is -0.201. The molecule has 3 rings (SSSR count). The third-order valence-electron chi connectivity index (χ3n) is 3.36. The zero-order chi connectivity index (χ0) is 12.4. The van der Waals surface area contributed by atoms with Gasteiger partial charge < -0.3 is 9.41 Å². The third-order valence-corrected chi connectivity index (χ3v) is 6.12. The van der Waals surface area contributed by atoms with Crippen molar-refractivity contribution in [3.8, 4) is 0 Å². The maximum absolute atomic E-state index is 3.53. The van der Waals surface area contributed by atoms with E-state index in [-0.39, 0.29) is 39.0 Å². The molecule has 0 saturated heterocycles. The SMILES string of the molecule is CCCP(C1=[C-]CC=C1)[c-]1ccc2ccccc21.[F-].[F-].[Ti+4]. The second-order valence-corrected chi connectivity index (χ2v) is 6.89. The van der Waals surface area contributed by atoms with Crippen molar-refractivity contribution in [1.82, 2.24) is 0 Å². The maximum atomic E-state index is 3.53. The van der Waals surface area contributed by atoms with Crippen molar-refractivity contribution in [3.05, 3.63) is 59.9 Å². The van der Waals surface area contributed by atoms with E-state index < -0.39 is 0 Å². The van der Waals surface area contributed by atoms with Crippen molar-refractivity contribution < 1.29 is 31.1 Å². The van der Waals surface area contributed by atoms with Gasteiger partial charge in [0.25, 0.3) is 0 Å². The van der Waals surface area contributed by atoms with E-state index in [9.17, 15) is 0 Å². The minimum Gasteiger partial charge on any atom is -1.00 e. The Morgan fingerprint density at radius 1 is 1.19 bits per heavy atom. The number of fused-ring (bicyclic) bond motifs is 1. The van der Waals surface area contributed by atoms with Gasteiger partial charge in [-0.05, 0) is 6.16 Å². The molecule has 108 valence electrons. The zero-order valence-electron chi connectivity index (χ0n) is 11.9. The monoisotopic (exact) mass is 338 g/mol. The Labute approximate surface area is 141 Å². The molecule has 1 unspecified atom stereocenters. The van der Waals surface area contributed by atoms with Crippen LogP contribution >= 0.6 is 7.92 Å². The van der Waals surface area contributed by atoms with Gasteiger partial charge in [0.1, 0.15) is 0 Å². The molecule has 0 spiro atoms. The van der Waals surface area contributed by atoms with Crippen LogP contribution in [0.1, 0.15) is 19.8 Å². The molecule has 0 saturated carbocycles. The van der Waals surface area contributed by atoms with E-state index in [1.807, 2.05) is 0 Å². The van der Waals surface area contributed by atoms with Crippen LogP contribution in [0.2, 0.25) is 0 Å². The molecule has 0 fully saturated rings. The standard InChI is InChI=1S/C17H17P.2FH.Ti/c1-2-13-18(15-8-4-5-9-15)17-12-11-14-7-3-6-10-16(14)17;;;/h3-4,6-8,10-12H,2,5,13H2,1H3;2*1H;/q-2;;;+4/p-2. The van der Waals surface area contributed by atoms with Gasteiger partial charge in [-0.25, -0.2) is 11.4 Å². The average Bonchev–Trinajstić information content (AvgIpc) is 3.06. The van der Waals surface area contributed by atoms with Crippen LogP contribution < -0.4 is 14.7 Å². The van der Waals surface area contributed by atoms with E-state index in [1.54, 1.807) is 0 Å². The summed E-state index contributed by atoms with van der Waals surface area (Å²) < 4.78 is 0. The Hall–Kier alpha value is -0.686. The predicted molar refractivity (Wildman–Crippen MR) is 81.8 cm³/mol. The number of hydrogen-bond acceptors (Lipinski definition) is 0. The fourth-order valence-corrected chi connectivity index (χ4v) is 5.05. The van der Waals surface area contributed by atoms with Gasteiger partial charge in [0.15, 0.2) is 0 Å². The molecule has 0 radical (unpaired) electrons. The van der Waals surface area contributed by atoms with Gasteiger partial charge in [-0.2, -0.15) is 12.1 Å². The first kappa shape index (κ1) is 20.3. The summed E-state index contributed by atoms with van der Waals surface area (Å²) in [6, 6.07) is 13.3. The number of halogens is 2. The molecule has 1 atom stereocenters. The molecule has 21 heavy (non-hydrogen) atoms. The summed E-state index contributed by atoms with van der Waals surface area (Å²) in [5, 5.41) is 5.80. The topological polar surface area (TPSA) is 0 Å². The van der Waals surface area contributed by atoms with Gasteiger partial charge in [-0.15, -0.1) is 54.7 Å². The predicted octanol–water partition coefficient (Wildman–Crippen LogP) is -1.27. The summed E-state index contributed by atoms with van der Waals surface area (Å²) in [5.41, 5.74) is 0. The molecule has 0 aliphatic heterocycles. The first-order chi connectivity index (χ1) is 8.90. The molecular weight excluding hydrogens is 321 g/mol. The van der Waals surface area contributed by atoms with Gasteiger partial charge >= 0.3 is 21.7 Å². The van der Waals surface area contributed by atoms with Crippen molar-refractivity contribution in [3.63, 3.8) is 0 Å². The number of rotatable bonds is 4. The third kappa shape index (κ3) is 4.16. The molecule has 4 heteroatoms. The fourth-order valence-electron chi connectivity index (χ4n) is 2.54. The second-order valence-electron chi connectivity index (χ2n) is 4.63. The van der Waals surface area contributed by atoms with E-state index in [0.717, 1.165) is 6.42 Å². The number of allylic oxidation sites excluding steroid dienone is 4. The largest absolute Gasteiger partial charge is 4.00 e. The molecule has 1 aliphatic carbocycles. The molecule has 2 aromatic rings. The summed E-state index contributed by atoms with van der Waals surface area (Å²) in [4.78, 5) is 0. The summed E-state index contributed by atoms with van der Waals surface area (Å²) in [6.07, 6.45) is 11.5. The Morgan fingerprint density at radius 3 is 2.62 bits per heavy atom. The molecule has 0 N–H and O–H groups in total. The summed E-state index contributed by atoms with van der Waals surface area (Å²) in [6.45, 7) is 2.28. The molecule has 0 heterocycles. The van der Waals surface area contributed by atoms with Gasteiger partial charge in [0.05, 0.1) is 0 Å². The summed E-state index contributed by atoms with van der Waals surface area (Å²) in [5.74, 6) is 0. The fraction of sp³-hybridized carbons (Fsp3) is 0.235. The Balaban J connectivity index is 0.00000133. The van der Waals surface area contributed by atoms with E-state index in [1.165, 1.54) is 34.0 Å². The molecule has 0 bridgehead atoms. The Morgan fingerprint density at radius 2 is 1.95 bits per heavy atom. The van der Waals surface area contributed by atoms with Crippen LogP contribution in [0.25, 0.3) is 10.8 Å². The van der Waals surface area contributed by atoms with E-state index in [2.05, 4.69) is 61.5 Å². The van der Waals surface area contributed by atoms with Crippen molar-refractivity contribution in [1.29, 1.82) is 0 Å². The van der Waals surface area contributed by atoms with Crippen molar-refractivity contribution >= 4 is 24.0 Å². The normalized spacial score (nSPS) is 13.9. The summed E-state index contributed by atoms with van der Waals surface area (Å²) >= 11 is 0. The van der Waals surface area contributed by atoms with Crippen molar-refractivity contribution in [2.75, 3.05) is 6.16 Å². The first-order valence-electron chi connectivity index (χ1n) is 6.59. The first-order valence-corrected chi connectivity index (χ1v) is 8.12. The van der Waals surface area contributed by atoms with E-state index >= 15 is 0 Å². The van der Waals surface area contributed by atoms with E-state index in [0.29, 0.717) is 0 Å². The molecular formula is C17H17F2PTi. The van der Waals surface area contributed by atoms with Gasteiger partial charge in [0.2, 0.25) is 0 Å². The van der Waals surface area contributed by atoms with E-state index in [4.69, 9.17) is 0 Å². The average molecular weight is 338 g/mol. The van der Waals surface area contributed by atoms with Crippen LogP contribution in [0.3, 0.4) is 0 Å². The van der Waals surface area contributed by atoms with Crippen LogP contribution in [-0.4, -0.2) is 6.16 Å². The quantitative estimate of drug-likeness (QED) is 0.371. The Bertz CT molecular complexity index is 616. The van der Waals surface area contributed by atoms with Crippen LogP contribution in [0, 0.1) is 6.08 Å². The molecule has 0 nitrogen and oxygen atoms in total. The molecule has 2 aromatic carbocycles. The van der Waals surface area contributed by atoms with Crippen LogP contribution in [0.5, 0.6) is 0 Å². The van der Waals surface area contributed by atoms with Gasteiger partial charge in [0, 0.05) is 0 Å². The Kier molecular flexibility index (Phi) is 9.05. The number of benzene rings is 1. The van der Waals surface area contributed by atoms with Crippen LogP contribution in [-0.2, 0) is 21.7 Å². The van der Waals surface area contributed by atoms with Gasteiger partial charge in [-0.1, -0.05) is 19.4 Å². The minimum absolute atomic E-state index is 0. The maximum Gasteiger partial charge on any atom is 4.00 e. The van der Waals surface area contributed by atoms with Crippen LogP contribution in [0.15, 0.2) is 53.9 Å². The summed E-state index contributed by atoms with van der Waals surface area (Å²) in [7, 11) is -0.201. The van der Waals surface area contributed by atoms with Gasteiger partial charge in [-0.3, -0.25) is 6.08 Å².